The molecule has 5 aromatic rings. The lowest BCUT2D eigenvalue weighted by Crippen LogP contribution is -2.16. The Kier molecular flexibility index (Phi) is 4.23. The number of nitrogens with zero attached hydrogens (tertiary/aromatic N) is 2. The van der Waals surface area contributed by atoms with Crippen molar-refractivity contribution in [3.8, 4) is 0 Å². The Balaban J connectivity index is 1.90. The molecule has 0 radical (unpaired) electrons. The van der Waals surface area contributed by atoms with Crippen LogP contribution in [0, 0.1) is 18.6 Å². The molecule has 3 aromatic heterocycles. The topological polar surface area (TPSA) is 117 Å². The van der Waals surface area contributed by atoms with Crippen molar-refractivity contribution < 1.29 is 18.0 Å². The van der Waals surface area contributed by atoms with E-state index in [1.807, 2.05) is 0 Å². The fraction of sp³-hybridized carbons (Fsp3) is 0.0870. The Bertz CT molecular complexity index is 1650. The van der Waals surface area contributed by atoms with E-state index in [1.54, 1.807) is 25.1 Å². The number of hydrogen-bond acceptors (Lipinski definition) is 5. The van der Waals surface area contributed by atoms with Crippen molar-refractivity contribution in [2.45, 2.75) is 13.5 Å². The minimum atomic E-state index is -0.816. The summed E-state index contributed by atoms with van der Waals surface area (Å²) in [6.45, 7) is 1.42. The van der Waals surface area contributed by atoms with Gasteiger partial charge in [0.2, 0.25) is 5.71 Å². The normalized spacial score (nSPS) is 11.6. The number of nitrogen functional groups attached to an aromatic ring is 1. The van der Waals surface area contributed by atoms with E-state index in [1.165, 1.54) is 22.9 Å². The molecule has 9 heteroatoms. The van der Waals surface area contributed by atoms with E-state index in [9.17, 15) is 18.4 Å². The molecular formula is C23H16F2N4O3. The first kappa shape index (κ1) is 19.7. The van der Waals surface area contributed by atoms with Crippen LogP contribution in [0.5, 0.6) is 0 Å². The maximum atomic E-state index is 14.8. The number of rotatable bonds is 3. The SMILES string of the molecule is Cc1cc2c3c4cccnc4oc(=O)c3n(Cc3cc(C(N)=O)c(N)cc3F)c2cc1F. The first-order valence-electron chi connectivity index (χ1n) is 9.64. The van der Waals surface area contributed by atoms with Crippen molar-refractivity contribution in [3.05, 3.63) is 81.3 Å². The Morgan fingerprint density at radius 1 is 1.16 bits per heavy atom. The zero-order chi connectivity index (χ0) is 22.7. The minimum absolute atomic E-state index is 0.0501. The number of amides is 1. The zero-order valence-electron chi connectivity index (χ0n) is 16.8. The van der Waals surface area contributed by atoms with E-state index in [4.69, 9.17) is 15.9 Å². The van der Waals surface area contributed by atoms with Gasteiger partial charge in [0.25, 0.3) is 5.91 Å². The molecule has 7 nitrogen and oxygen atoms in total. The molecule has 0 atom stereocenters. The van der Waals surface area contributed by atoms with Gasteiger partial charge in [-0.2, -0.15) is 0 Å². The highest BCUT2D eigenvalue weighted by Crippen LogP contribution is 2.34. The Hall–Kier alpha value is -4.27. The van der Waals surface area contributed by atoms with Gasteiger partial charge in [-0.15, -0.1) is 0 Å². The molecule has 2 aromatic carbocycles. The molecule has 0 aliphatic rings. The third kappa shape index (κ3) is 2.82. The number of fused-ring (bicyclic) bond motifs is 5. The minimum Gasteiger partial charge on any atom is -0.402 e. The van der Waals surface area contributed by atoms with E-state index >= 15 is 0 Å². The van der Waals surface area contributed by atoms with Crippen molar-refractivity contribution in [2.75, 3.05) is 5.73 Å². The number of pyridine rings is 1. The average Bonchev–Trinajstić information content (AvgIpc) is 3.04. The number of aryl methyl sites for hydroxylation is 1. The number of halogens is 2. The molecule has 0 aliphatic carbocycles. The van der Waals surface area contributed by atoms with Gasteiger partial charge in [-0.05, 0) is 48.9 Å². The van der Waals surface area contributed by atoms with Gasteiger partial charge in [-0.25, -0.2) is 18.6 Å². The molecule has 0 saturated carbocycles. The first-order valence-corrected chi connectivity index (χ1v) is 9.64. The third-order valence-corrected chi connectivity index (χ3v) is 5.58. The summed E-state index contributed by atoms with van der Waals surface area (Å²) in [6.07, 6.45) is 1.50. The Morgan fingerprint density at radius 2 is 1.94 bits per heavy atom. The highest BCUT2D eigenvalue weighted by molar-refractivity contribution is 6.18. The summed E-state index contributed by atoms with van der Waals surface area (Å²) in [6, 6.07) is 8.58. The van der Waals surface area contributed by atoms with Crippen molar-refractivity contribution in [3.63, 3.8) is 0 Å². The monoisotopic (exact) mass is 434 g/mol. The number of anilines is 1. The molecule has 5 rings (SSSR count). The Morgan fingerprint density at radius 3 is 2.69 bits per heavy atom. The van der Waals surface area contributed by atoms with Gasteiger partial charge < -0.3 is 20.5 Å². The summed E-state index contributed by atoms with van der Waals surface area (Å²) in [5.74, 6) is -1.99. The fourth-order valence-corrected chi connectivity index (χ4v) is 4.06. The molecule has 0 spiro atoms. The van der Waals surface area contributed by atoms with Crippen LogP contribution in [0.2, 0.25) is 0 Å². The molecule has 0 bridgehead atoms. The predicted molar refractivity (Wildman–Crippen MR) is 116 cm³/mol. The van der Waals surface area contributed by atoms with Crippen LogP contribution >= 0.6 is 0 Å². The van der Waals surface area contributed by atoms with Crippen LogP contribution in [0.3, 0.4) is 0 Å². The lowest BCUT2D eigenvalue weighted by molar-refractivity contribution is 0.100. The van der Waals surface area contributed by atoms with Crippen molar-refractivity contribution in [2.24, 2.45) is 5.73 Å². The summed E-state index contributed by atoms with van der Waals surface area (Å²) in [7, 11) is 0. The maximum absolute atomic E-state index is 14.8. The predicted octanol–water partition coefficient (Wildman–Crippen LogP) is 3.61. The molecule has 0 aliphatic heterocycles. The van der Waals surface area contributed by atoms with Crippen LogP contribution in [0.1, 0.15) is 21.5 Å². The van der Waals surface area contributed by atoms with Crippen LogP contribution in [0.4, 0.5) is 14.5 Å². The molecule has 1 amide bonds. The van der Waals surface area contributed by atoms with Gasteiger partial charge in [0, 0.05) is 33.6 Å². The van der Waals surface area contributed by atoms with Gasteiger partial charge in [0.05, 0.1) is 17.6 Å². The number of benzene rings is 2. The van der Waals surface area contributed by atoms with E-state index in [0.717, 1.165) is 6.07 Å². The second-order valence-corrected chi connectivity index (χ2v) is 7.57. The van der Waals surface area contributed by atoms with E-state index in [-0.39, 0.29) is 34.6 Å². The molecule has 3 heterocycles. The van der Waals surface area contributed by atoms with Gasteiger partial charge >= 0.3 is 5.63 Å². The summed E-state index contributed by atoms with van der Waals surface area (Å²) in [4.78, 5) is 28.7. The fourth-order valence-electron chi connectivity index (χ4n) is 4.06. The van der Waals surface area contributed by atoms with Gasteiger partial charge in [0.15, 0.2) is 0 Å². The quantitative estimate of drug-likeness (QED) is 0.421. The molecule has 32 heavy (non-hydrogen) atoms. The van der Waals surface area contributed by atoms with Gasteiger partial charge in [-0.1, -0.05) is 0 Å². The standard InChI is InChI=1S/C23H16F2N4O3/c1-10-5-14-18(8-15(10)24)29(9-11-6-13(21(27)30)17(26)7-16(11)25)20-19(14)12-3-2-4-28-22(12)32-23(20)31/h2-8H,9,26H2,1H3,(H2,27,30). The number of aromatic nitrogens is 2. The summed E-state index contributed by atoms with van der Waals surface area (Å²) in [5, 5.41) is 1.68. The second-order valence-electron chi connectivity index (χ2n) is 7.57. The second kappa shape index (κ2) is 6.88. The largest absolute Gasteiger partial charge is 0.402 e. The van der Waals surface area contributed by atoms with Crippen LogP contribution in [0.15, 0.2) is 51.8 Å². The number of carbonyl (C=O) groups is 1. The highest BCUT2D eigenvalue weighted by Gasteiger charge is 2.22. The number of carbonyl (C=O) groups excluding carboxylic acids is 1. The zero-order valence-corrected chi connectivity index (χ0v) is 16.8. The lowest BCUT2D eigenvalue weighted by Gasteiger charge is -2.11. The highest BCUT2D eigenvalue weighted by atomic mass is 19.1. The number of hydrogen-bond donors (Lipinski definition) is 2. The number of primary amides is 1. The molecule has 4 N–H and O–H groups in total. The van der Waals surface area contributed by atoms with Crippen LogP contribution in [0.25, 0.3) is 32.9 Å². The Labute approximate surface area is 178 Å². The average molecular weight is 434 g/mol. The van der Waals surface area contributed by atoms with Crippen molar-refractivity contribution in [1.29, 1.82) is 0 Å². The lowest BCUT2D eigenvalue weighted by atomic mass is 10.1. The van der Waals surface area contributed by atoms with Crippen LogP contribution in [-0.2, 0) is 6.54 Å². The van der Waals surface area contributed by atoms with E-state index < -0.39 is 23.2 Å². The summed E-state index contributed by atoms with van der Waals surface area (Å²) < 4.78 is 36.1. The molecule has 0 fully saturated rings. The first-order chi connectivity index (χ1) is 15.3. The summed E-state index contributed by atoms with van der Waals surface area (Å²) >= 11 is 0. The molecule has 0 saturated heterocycles. The van der Waals surface area contributed by atoms with Crippen LogP contribution < -0.4 is 17.1 Å². The van der Waals surface area contributed by atoms with E-state index in [2.05, 4.69) is 4.98 Å². The molecule has 0 unspecified atom stereocenters. The van der Waals surface area contributed by atoms with Crippen molar-refractivity contribution in [1.82, 2.24) is 9.55 Å². The third-order valence-electron chi connectivity index (χ3n) is 5.58. The molecule has 160 valence electrons. The van der Waals surface area contributed by atoms with Crippen LogP contribution in [-0.4, -0.2) is 15.5 Å². The van der Waals surface area contributed by atoms with Gasteiger partial charge in [-0.3, -0.25) is 4.79 Å². The maximum Gasteiger partial charge on any atom is 0.362 e. The van der Waals surface area contributed by atoms with Crippen molar-refractivity contribution >= 4 is 44.5 Å². The summed E-state index contributed by atoms with van der Waals surface area (Å²) in [5.41, 5.74) is 11.3. The van der Waals surface area contributed by atoms with E-state index in [0.29, 0.717) is 27.2 Å². The van der Waals surface area contributed by atoms with Gasteiger partial charge in [0.1, 0.15) is 17.2 Å². The molecular weight excluding hydrogens is 418 g/mol. The smallest absolute Gasteiger partial charge is 0.362 e. The number of nitrogens with two attached hydrogens (primary N) is 2.